The summed E-state index contributed by atoms with van der Waals surface area (Å²) in [6.45, 7) is 0. The first-order chi connectivity index (χ1) is 8.19. The standard InChI is InChI=1S/C11H15BrClN3O/c1-17-9-8(12)6-14-10(15-9)16-11(7-13)4-2-3-5-11/h6H,2-5,7H2,1H3,(H,14,15,16). The summed E-state index contributed by atoms with van der Waals surface area (Å²) in [7, 11) is 1.59. The molecule has 0 atom stereocenters. The van der Waals surface area contributed by atoms with E-state index < -0.39 is 0 Å². The molecule has 1 heterocycles. The van der Waals surface area contributed by atoms with Gasteiger partial charge in [-0.25, -0.2) is 4.98 Å². The largest absolute Gasteiger partial charge is 0.480 e. The minimum atomic E-state index is -0.0552. The fourth-order valence-corrected chi connectivity index (χ4v) is 2.82. The fraction of sp³-hybridized carbons (Fsp3) is 0.636. The van der Waals surface area contributed by atoms with Gasteiger partial charge in [-0.15, -0.1) is 11.6 Å². The van der Waals surface area contributed by atoms with E-state index >= 15 is 0 Å². The van der Waals surface area contributed by atoms with Crippen molar-refractivity contribution in [3.05, 3.63) is 10.7 Å². The van der Waals surface area contributed by atoms with Crippen LogP contribution in [0.5, 0.6) is 5.88 Å². The number of hydrogen-bond donors (Lipinski definition) is 1. The molecule has 1 aliphatic carbocycles. The van der Waals surface area contributed by atoms with Crippen molar-refractivity contribution in [1.82, 2.24) is 9.97 Å². The molecule has 0 amide bonds. The van der Waals surface area contributed by atoms with Gasteiger partial charge in [0.05, 0.1) is 23.3 Å². The van der Waals surface area contributed by atoms with Crippen molar-refractivity contribution in [2.45, 2.75) is 31.2 Å². The molecule has 1 aromatic heterocycles. The first-order valence-electron chi connectivity index (χ1n) is 5.60. The van der Waals surface area contributed by atoms with E-state index in [2.05, 4.69) is 31.2 Å². The number of ether oxygens (including phenoxy) is 1. The highest BCUT2D eigenvalue weighted by molar-refractivity contribution is 9.10. The molecule has 1 aliphatic rings. The molecule has 1 saturated carbocycles. The number of nitrogens with one attached hydrogen (secondary N) is 1. The quantitative estimate of drug-likeness (QED) is 0.865. The highest BCUT2D eigenvalue weighted by Gasteiger charge is 2.33. The smallest absolute Gasteiger partial charge is 0.232 e. The van der Waals surface area contributed by atoms with Crippen LogP contribution in [0.2, 0.25) is 0 Å². The summed E-state index contributed by atoms with van der Waals surface area (Å²) in [5.41, 5.74) is -0.0552. The number of hydrogen-bond acceptors (Lipinski definition) is 4. The Balaban J connectivity index is 2.17. The molecule has 0 saturated heterocycles. The van der Waals surface area contributed by atoms with Gasteiger partial charge < -0.3 is 10.1 Å². The highest BCUT2D eigenvalue weighted by atomic mass is 79.9. The van der Waals surface area contributed by atoms with E-state index in [-0.39, 0.29) is 5.54 Å². The van der Waals surface area contributed by atoms with E-state index in [1.165, 1.54) is 12.8 Å². The van der Waals surface area contributed by atoms with E-state index in [9.17, 15) is 0 Å². The van der Waals surface area contributed by atoms with Crippen LogP contribution in [0.15, 0.2) is 10.7 Å². The Morgan fingerprint density at radius 1 is 1.53 bits per heavy atom. The van der Waals surface area contributed by atoms with Crippen molar-refractivity contribution in [2.24, 2.45) is 0 Å². The van der Waals surface area contributed by atoms with Crippen molar-refractivity contribution >= 4 is 33.5 Å². The lowest BCUT2D eigenvalue weighted by molar-refractivity contribution is 0.393. The highest BCUT2D eigenvalue weighted by Crippen LogP contribution is 2.34. The monoisotopic (exact) mass is 319 g/mol. The van der Waals surface area contributed by atoms with E-state index in [1.807, 2.05) is 0 Å². The molecule has 1 N–H and O–H groups in total. The van der Waals surface area contributed by atoms with Crippen molar-refractivity contribution in [2.75, 3.05) is 18.3 Å². The maximum absolute atomic E-state index is 6.06. The molecule has 1 fully saturated rings. The molecule has 4 nitrogen and oxygen atoms in total. The Bertz CT molecular complexity index is 396. The molecule has 0 aliphatic heterocycles. The second-order valence-corrected chi connectivity index (χ2v) is 5.42. The molecule has 1 aromatic rings. The third kappa shape index (κ3) is 2.83. The van der Waals surface area contributed by atoms with Crippen LogP contribution in [0.1, 0.15) is 25.7 Å². The average molecular weight is 321 g/mol. The summed E-state index contributed by atoms with van der Waals surface area (Å²) >= 11 is 9.39. The summed E-state index contributed by atoms with van der Waals surface area (Å²) in [6.07, 6.45) is 6.22. The summed E-state index contributed by atoms with van der Waals surface area (Å²) in [6, 6.07) is 0. The summed E-state index contributed by atoms with van der Waals surface area (Å²) in [4.78, 5) is 8.53. The molecule has 0 bridgehead atoms. The first kappa shape index (κ1) is 12.9. The van der Waals surface area contributed by atoms with Crippen LogP contribution in [0.3, 0.4) is 0 Å². The number of halogens is 2. The lowest BCUT2D eigenvalue weighted by atomic mass is 10.0. The summed E-state index contributed by atoms with van der Waals surface area (Å²) < 4.78 is 5.89. The summed E-state index contributed by atoms with van der Waals surface area (Å²) in [5, 5.41) is 3.35. The van der Waals surface area contributed by atoms with Crippen molar-refractivity contribution in [1.29, 1.82) is 0 Å². The maximum atomic E-state index is 6.06. The molecule has 94 valence electrons. The minimum Gasteiger partial charge on any atom is -0.480 e. The van der Waals surface area contributed by atoms with Crippen molar-refractivity contribution in [3.63, 3.8) is 0 Å². The Kier molecular flexibility index (Phi) is 4.09. The van der Waals surface area contributed by atoms with Gasteiger partial charge in [0.1, 0.15) is 0 Å². The third-order valence-electron chi connectivity index (χ3n) is 3.10. The normalized spacial score (nSPS) is 18.1. The lowest BCUT2D eigenvalue weighted by Crippen LogP contribution is -2.37. The molecule has 17 heavy (non-hydrogen) atoms. The van der Waals surface area contributed by atoms with Gasteiger partial charge in [0.2, 0.25) is 11.8 Å². The third-order valence-corrected chi connectivity index (χ3v) is 4.15. The van der Waals surface area contributed by atoms with Crippen LogP contribution in [-0.4, -0.2) is 28.5 Å². The van der Waals surface area contributed by atoms with Gasteiger partial charge in [-0.05, 0) is 28.8 Å². The van der Waals surface area contributed by atoms with Gasteiger partial charge in [0.25, 0.3) is 0 Å². The number of rotatable bonds is 4. The van der Waals surface area contributed by atoms with E-state index in [0.29, 0.717) is 17.7 Å². The van der Waals surface area contributed by atoms with Crippen LogP contribution in [-0.2, 0) is 0 Å². The summed E-state index contributed by atoms with van der Waals surface area (Å²) in [5.74, 6) is 1.69. The second kappa shape index (κ2) is 5.40. The number of nitrogens with zero attached hydrogens (tertiary/aromatic N) is 2. The van der Waals surface area contributed by atoms with Gasteiger partial charge in [-0.1, -0.05) is 12.8 Å². The Labute approximate surface area is 114 Å². The van der Waals surface area contributed by atoms with Gasteiger partial charge in [0, 0.05) is 5.88 Å². The zero-order valence-corrected chi connectivity index (χ0v) is 12.0. The van der Waals surface area contributed by atoms with E-state index in [1.54, 1.807) is 13.3 Å². The zero-order valence-electron chi connectivity index (χ0n) is 9.67. The predicted molar refractivity (Wildman–Crippen MR) is 71.8 cm³/mol. The number of anilines is 1. The molecular weight excluding hydrogens is 305 g/mol. The Hall–Kier alpha value is -0.550. The maximum Gasteiger partial charge on any atom is 0.232 e. The van der Waals surface area contributed by atoms with Crippen LogP contribution >= 0.6 is 27.5 Å². The lowest BCUT2D eigenvalue weighted by Gasteiger charge is -2.27. The molecule has 6 heteroatoms. The van der Waals surface area contributed by atoms with Crippen LogP contribution in [0.25, 0.3) is 0 Å². The molecule has 0 aromatic carbocycles. The van der Waals surface area contributed by atoms with Crippen molar-refractivity contribution < 1.29 is 4.74 Å². The van der Waals surface area contributed by atoms with Crippen LogP contribution in [0, 0.1) is 0 Å². The predicted octanol–water partition coefficient (Wildman–Crippen LogP) is 3.21. The Morgan fingerprint density at radius 2 is 2.24 bits per heavy atom. The second-order valence-electron chi connectivity index (χ2n) is 4.30. The number of aromatic nitrogens is 2. The van der Waals surface area contributed by atoms with Gasteiger partial charge >= 0.3 is 0 Å². The molecule has 0 radical (unpaired) electrons. The van der Waals surface area contributed by atoms with E-state index in [0.717, 1.165) is 17.3 Å². The van der Waals surface area contributed by atoms with Gasteiger partial charge in [-0.3, -0.25) is 0 Å². The molecule has 0 unspecified atom stereocenters. The van der Waals surface area contributed by atoms with Crippen LogP contribution < -0.4 is 10.1 Å². The number of methoxy groups -OCH3 is 1. The fourth-order valence-electron chi connectivity index (χ4n) is 2.14. The van der Waals surface area contributed by atoms with Crippen molar-refractivity contribution in [3.8, 4) is 5.88 Å². The van der Waals surface area contributed by atoms with Gasteiger partial charge in [0.15, 0.2) is 0 Å². The number of alkyl halides is 1. The average Bonchev–Trinajstić information content (AvgIpc) is 2.81. The first-order valence-corrected chi connectivity index (χ1v) is 6.92. The molecule has 2 rings (SSSR count). The zero-order chi connectivity index (χ0) is 12.3. The topological polar surface area (TPSA) is 47.0 Å². The van der Waals surface area contributed by atoms with E-state index in [4.69, 9.17) is 16.3 Å². The molecule has 0 spiro atoms. The SMILES string of the molecule is COc1nc(NC2(CCl)CCCC2)ncc1Br. The minimum absolute atomic E-state index is 0.0552. The molecular formula is C11H15BrClN3O. The Morgan fingerprint density at radius 3 is 2.82 bits per heavy atom. The van der Waals surface area contributed by atoms with Gasteiger partial charge in [-0.2, -0.15) is 4.98 Å². The van der Waals surface area contributed by atoms with Crippen LogP contribution in [0.4, 0.5) is 5.95 Å².